The first-order valence-corrected chi connectivity index (χ1v) is 10.8. The molecule has 1 aromatic heterocycles. The molecular formula is C21H31FIN5OS. The van der Waals surface area contributed by atoms with Crippen molar-refractivity contribution in [3.63, 3.8) is 0 Å². The van der Waals surface area contributed by atoms with Crippen LogP contribution in [0.5, 0.6) is 5.75 Å². The topological polar surface area (TPSA) is 61.8 Å². The van der Waals surface area contributed by atoms with Gasteiger partial charge in [-0.15, -0.1) is 35.3 Å². The molecule has 0 amide bonds. The number of hydrogen-bond acceptors (Lipinski definition) is 5. The summed E-state index contributed by atoms with van der Waals surface area (Å²) in [5, 5.41) is 8.05. The zero-order chi connectivity index (χ0) is 20.6. The SMILES string of the molecule is CN=C(NCCc1ncc(C)s1)NC1CCN(Cc2ccc(OC)c(F)c2)CC1.I. The first kappa shape index (κ1) is 24.8. The summed E-state index contributed by atoms with van der Waals surface area (Å²) in [6.07, 6.45) is 4.88. The van der Waals surface area contributed by atoms with E-state index in [1.54, 1.807) is 30.5 Å². The number of likely N-dealkylation sites (tertiary alicyclic amines) is 1. The number of methoxy groups -OCH3 is 1. The number of nitrogens with one attached hydrogen (secondary N) is 2. The fourth-order valence-corrected chi connectivity index (χ4v) is 4.28. The number of halogens is 2. The molecule has 2 aromatic rings. The normalized spacial score (nSPS) is 15.5. The molecule has 3 rings (SSSR count). The Hall–Kier alpha value is -1.46. The van der Waals surface area contributed by atoms with Crippen molar-refractivity contribution in [1.29, 1.82) is 0 Å². The van der Waals surface area contributed by atoms with Crippen molar-refractivity contribution < 1.29 is 9.13 Å². The summed E-state index contributed by atoms with van der Waals surface area (Å²) in [6.45, 7) is 5.59. The maximum atomic E-state index is 13.9. The molecule has 0 bridgehead atoms. The maximum absolute atomic E-state index is 13.9. The molecule has 1 aromatic carbocycles. The minimum Gasteiger partial charge on any atom is -0.494 e. The van der Waals surface area contributed by atoms with Crippen molar-refractivity contribution in [2.24, 2.45) is 4.99 Å². The number of thiazole rings is 1. The Labute approximate surface area is 199 Å². The van der Waals surface area contributed by atoms with Crippen LogP contribution in [0.1, 0.15) is 28.3 Å². The first-order valence-electron chi connectivity index (χ1n) is 10.0. The van der Waals surface area contributed by atoms with Crippen LogP contribution < -0.4 is 15.4 Å². The fraction of sp³-hybridized carbons (Fsp3) is 0.524. The molecule has 0 atom stereocenters. The van der Waals surface area contributed by atoms with Crippen LogP contribution in [-0.4, -0.2) is 55.7 Å². The number of hydrogen-bond donors (Lipinski definition) is 2. The second kappa shape index (κ2) is 12.4. The predicted molar refractivity (Wildman–Crippen MR) is 132 cm³/mol. The molecule has 9 heteroatoms. The van der Waals surface area contributed by atoms with Crippen molar-refractivity contribution in [2.45, 2.75) is 38.8 Å². The highest BCUT2D eigenvalue weighted by Gasteiger charge is 2.20. The Balaban J connectivity index is 0.00000320. The number of nitrogens with zero attached hydrogens (tertiary/aromatic N) is 3. The van der Waals surface area contributed by atoms with Crippen molar-refractivity contribution >= 4 is 41.3 Å². The van der Waals surface area contributed by atoms with Crippen LogP contribution in [0.15, 0.2) is 29.4 Å². The Morgan fingerprint density at radius 3 is 2.73 bits per heavy atom. The monoisotopic (exact) mass is 547 g/mol. The quantitative estimate of drug-likeness (QED) is 0.315. The van der Waals surface area contributed by atoms with E-state index < -0.39 is 0 Å². The zero-order valence-corrected chi connectivity index (χ0v) is 20.9. The van der Waals surface area contributed by atoms with Gasteiger partial charge in [0.1, 0.15) is 0 Å². The molecule has 2 N–H and O–H groups in total. The Morgan fingerprint density at radius 1 is 1.37 bits per heavy atom. The standard InChI is InChI=1S/C21H30FN5OS.HI/c1-15-13-25-20(29-15)6-9-24-21(23-2)26-17-7-10-27(11-8-17)14-16-4-5-19(28-3)18(22)12-16;/h4-5,12-13,17H,6-11,14H2,1-3H3,(H2,23,24,26);1H. The van der Waals surface area contributed by atoms with Crippen molar-refractivity contribution in [2.75, 3.05) is 33.8 Å². The zero-order valence-electron chi connectivity index (χ0n) is 17.8. The molecule has 0 aliphatic carbocycles. The minimum atomic E-state index is -0.302. The fourth-order valence-electron chi connectivity index (χ4n) is 3.49. The van der Waals surface area contributed by atoms with E-state index in [1.807, 2.05) is 12.3 Å². The molecule has 1 saturated heterocycles. The van der Waals surface area contributed by atoms with E-state index in [4.69, 9.17) is 4.74 Å². The maximum Gasteiger partial charge on any atom is 0.191 e. The lowest BCUT2D eigenvalue weighted by atomic mass is 10.0. The smallest absolute Gasteiger partial charge is 0.191 e. The van der Waals surface area contributed by atoms with E-state index in [-0.39, 0.29) is 29.8 Å². The third kappa shape index (κ3) is 7.35. The highest BCUT2D eigenvalue weighted by Crippen LogP contribution is 2.20. The van der Waals surface area contributed by atoms with Gasteiger partial charge in [-0.25, -0.2) is 9.37 Å². The lowest BCUT2D eigenvalue weighted by Crippen LogP contribution is -2.48. The second-order valence-electron chi connectivity index (χ2n) is 7.28. The van der Waals surface area contributed by atoms with Gasteiger partial charge in [0.05, 0.1) is 12.1 Å². The summed E-state index contributed by atoms with van der Waals surface area (Å²) in [5.41, 5.74) is 0.976. The Morgan fingerprint density at radius 2 is 2.13 bits per heavy atom. The number of rotatable bonds is 7. The van der Waals surface area contributed by atoms with E-state index >= 15 is 0 Å². The molecule has 6 nitrogen and oxygen atoms in total. The molecule has 1 aliphatic heterocycles. The van der Waals surface area contributed by atoms with E-state index in [9.17, 15) is 4.39 Å². The van der Waals surface area contributed by atoms with Crippen LogP contribution >= 0.6 is 35.3 Å². The van der Waals surface area contributed by atoms with Crippen molar-refractivity contribution in [1.82, 2.24) is 20.5 Å². The molecule has 1 fully saturated rings. The number of piperidine rings is 1. The summed E-state index contributed by atoms with van der Waals surface area (Å²) >= 11 is 1.74. The van der Waals surface area contributed by atoms with Gasteiger partial charge in [-0.05, 0) is 37.5 Å². The molecule has 166 valence electrons. The van der Waals surface area contributed by atoms with Gasteiger partial charge in [0, 0.05) is 56.8 Å². The average Bonchev–Trinajstić information content (AvgIpc) is 3.14. The number of ether oxygens (including phenoxy) is 1. The van der Waals surface area contributed by atoms with E-state index in [0.29, 0.717) is 11.8 Å². The summed E-state index contributed by atoms with van der Waals surface area (Å²) in [4.78, 5) is 12.3. The van der Waals surface area contributed by atoms with Crippen molar-refractivity contribution in [3.8, 4) is 5.75 Å². The largest absolute Gasteiger partial charge is 0.494 e. The number of benzene rings is 1. The third-order valence-corrected chi connectivity index (χ3v) is 6.05. The average molecular weight is 547 g/mol. The van der Waals surface area contributed by atoms with E-state index in [1.165, 1.54) is 12.0 Å². The summed E-state index contributed by atoms with van der Waals surface area (Å²) in [6, 6.07) is 5.59. The molecule has 0 spiro atoms. The lowest BCUT2D eigenvalue weighted by Gasteiger charge is -2.33. The second-order valence-corrected chi connectivity index (χ2v) is 8.60. The molecule has 0 radical (unpaired) electrons. The molecule has 0 unspecified atom stereocenters. The minimum absolute atomic E-state index is 0. The van der Waals surface area contributed by atoms with Gasteiger partial charge in [0.25, 0.3) is 0 Å². The number of aliphatic imine (C=N–C) groups is 1. The molecule has 2 heterocycles. The van der Waals surface area contributed by atoms with Crippen LogP contribution in [0.4, 0.5) is 4.39 Å². The molecule has 1 aliphatic rings. The van der Waals surface area contributed by atoms with Crippen LogP contribution in [0.25, 0.3) is 0 Å². The lowest BCUT2D eigenvalue weighted by molar-refractivity contribution is 0.198. The highest BCUT2D eigenvalue weighted by molar-refractivity contribution is 14.0. The third-order valence-electron chi connectivity index (χ3n) is 5.07. The molecule has 0 saturated carbocycles. The number of aromatic nitrogens is 1. The Bertz CT molecular complexity index is 823. The highest BCUT2D eigenvalue weighted by atomic mass is 127. The van der Waals surface area contributed by atoms with Gasteiger partial charge in [-0.2, -0.15) is 0 Å². The molecule has 30 heavy (non-hydrogen) atoms. The van der Waals surface area contributed by atoms with Gasteiger partial charge in [0.15, 0.2) is 17.5 Å². The summed E-state index contributed by atoms with van der Waals surface area (Å²) < 4.78 is 18.9. The van der Waals surface area contributed by atoms with Crippen molar-refractivity contribution in [3.05, 3.63) is 45.7 Å². The molecular weight excluding hydrogens is 516 g/mol. The van der Waals surface area contributed by atoms with E-state index in [2.05, 4.69) is 32.4 Å². The van der Waals surface area contributed by atoms with Crippen LogP contribution in [0.3, 0.4) is 0 Å². The van der Waals surface area contributed by atoms with Gasteiger partial charge in [0.2, 0.25) is 0 Å². The first-order chi connectivity index (χ1) is 14.1. The number of aryl methyl sites for hydroxylation is 1. The van der Waals surface area contributed by atoms with E-state index in [0.717, 1.165) is 62.0 Å². The van der Waals surface area contributed by atoms with Gasteiger partial charge in [-0.3, -0.25) is 9.89 Å². The van der Waals surface area contributed by atoms with Gasteiger partial charge in [-0.1, -0.05) is 6.07 Å². The van der Waals surface area contributed by atoms with Crippen LogP contribution in [0, 0.1) is 12.7 Å². The van der Waals surface area contributed by atoms with Crippen LogP contribution in [-0.2, 0) is 13.0 Å². The van der Waals surface area contributed by atoms with Gasteiger partial charge >= 0.3 is 0 Å². The van der Waals surface area contributed by atoms with Gasteiger partial charge < -0.3 is 15.4 Å². The summed E-state index contributed by atoms with van der Waals surface area (Å²) in [7, 11) is 3.29. The van der Waals surface area contributed by atoms with Crippen LogP contribution in [0.2, 0.25) is 0 Å². The Kier molecular flexibility index (Phi) is 10.3. The predicted octanol–water partition coefficient (Wildman–Crippen LogP) is 3.59. The summed E-state index contributed by atoms with van der Waals surface area (Å²) in [5.74, 6) is 0.832. The number of guanidine groups is 1.